The zero-order valence-electron chi connectivity index (χ0n) is 10.6. The van der Waals surface area contributed by atoms with E-state index >= 15 is 0 Å². The molecule has 2 rings (SSSR count). The molecule has 0 radical (unpaired) electrons. The maximum Gasteiger partial charge on any atom is 0.142 e. The van der Waals surface area contributed by atoms with Crippen molar-refractivity contribution in [3.05, 3.63) is 57.2 Å². The van der Waals surface area contributed by atoms with Gasteiger partial charge in [-0.15, -0.1) is 0 Å². The van der Waals surface area contributed by atoms with Gasteiger partial charge in [0, 0.05) is 11.1 Å². The van der Waals surface area contributed by atoms with Crippen LogP contribution in [0, 0.1) is 19.7 Å². The number of rotatable bonds is 3. The zero-order chi connectivity index (χ0) is 13.3. The van der Waals surface area contributed by atoms with Gasteiger partial charge in [0.15, 0.2) is 0 Å². The van der Waals surface area contributed by atoms with Crippen LogP contribution in [0.2, 0.25) is 0 Å². The van der Waals surface area contributed by atoms with Crippen LogP contribution in [0.4, 0.5) is 4.39 Å². The molecule has 1 heterocycles. The minimum absolute atomic E-state index is 0.208. The van der Waals surface area contributed by atoms with Crippen molar-refractivity contribution in [1.29, 1.82) is 0 Å². The molecule has 0 aliphatic heterocycles. The Morgan fingerprint density at radius 1 is 1.28 bits per heavy atom. The molecule has 4 heteroatoms. The lowest BCUT2D eigenvalue weighted by molar-refractivity contribution is 0.494. The highest BCUT2D eigenvalue weighted by Gasteiger charge is 2.21. The van der Waals surface area contributed by atoms with E-state index in [1.54, 1.807) is 12.1 Å². The normalized spacial score (nSPS) is 12.7. The maximum absolute atomic E-state index is 14.1. The van der Waals surface area contributed by atoms with E-state index in [-0.39, 0.29) is 11.9 Å². The molecule has 2 aromatic rings. The van der Waals surface area contributed by atoms with Crippen LogP contribution in [0.25, 0.3) is 0 Å². The molecule has 18 heavy (non-hydrogen) atoms. The van der Waals surface area contributed by atoms with Crippen molar-refractivity contribution in [3.63, 3.8) is 0 Å². The Balaban J connectivity index is 2.52. The second-order valence-corrected chi connectivity index (χ2v) is 5.09. The summed E-state index contributed by atoms with van der Waals surface area (Å²) in [6.45, 7) is 3.78. The molecule has 0 bridgehead atoms. The highest BCUT2D eigenvalue weighted by molar-refractivity contribution is 9.10. The molecule has 2 nitrogen and oxygen atoms in total. The van der Waals surface area contributed by atoms with E-state index in [0.29, 0.717) is 10.0 Å². The molecule has 1 unspecified atom stereocenters. The molecular formula is C14H15BrFNO. The first-order valence-electron chi connectivity index (χ1n) is 5.72. The van der Waals surface area contributed by atoms with Crippen molar-refractivity contribution in [1.82, 2.24) is 5.32 Å². The van der Waals surface area contributed by atoms with Gasteiger partial charge in [-0.25, -0.2) is 4.39 Å². The van der Waals surface area contributed by atoms with Gasteiger partial charge in [-0.1, -0.05) is 12.1 Å². The fourth-order valence-corrected chi connectivity index (χ4v) is 2.54. The van der Waals surface area contributed by atoms with Crippen molar-refractivity contribution >= 4 is 15.9 Å². The zero-order valence-corrected chi connectivity index (χ0v) is 12.1. The smallest absolute Gasteiger partial charge is 0.142 e. The van der Waals surface area contributed by atoms with Crippen LogP contribution in [-0.2, 0) is 0 Å². The van der Waals surface area contributed by atoms with E-state index in [1.165, 1.54) is 0 Å². The van der Waals surface area contributed by atoms with Gasteiger partial charge >= 0.3 is 0 Å². The number of nitrogens with one attached hydrogen (secondary N) is 1. The summed E-state index contributed by atoms with van der Waals surface area (Å²) in [6.07, 6.45) is 0. The Kier molecular flexibility index (Phi) is 3.88. The Morgan fingerprint density at radius 3 is 2.56 bits per heavy atom. The molecule has 0 spiro atoms. The molecule has 1 aromatic heterocycles. The van der Waals surface area contributed by atoms with Crippen LogP contribution in [-0.4, -0.2) is 7.05 Å². The summed E-state index contributed by atoms with van der Waals surface area (Å²) >= 11 is 3.21. The van der Waals surface area contributed by atoms with Gasteiger partial charge in [0.05, 0.1) is 10.5 Å². The predicted molar refractivity (Wildman–Crippen MR) is 73.2 cm³/mol. The van der Waals surface area contributed by atoms with E-state index < -0.39 is 0 Å². The van der Waals surface area contributed by atoms with E-state index in [4.69, 9.17) is 4.42 Å². The topological polar surface area (TPSA) is 25.2 Å². The van der Waals surface area contributed by atoms with Crippen LogP contribution in [0.5, 0.6) is 0 Å². The molecule has 1 N–H and O–H groups in total. The number of halogens is 2. The lowest BCUT2D eigenvalue weighted by Gasteiger charge is -2.17. The molecule has 0 amide bonds. The Bertz CT molecular complexity index is 565. The average Bonchev–Trinajstić information content (AvgIpc) is 2.65. The van der Waals surface area contributed by atoms with Crippen LogP contribution in [0.3, 0.4) is 0 Å². The summed E-state index contributed by atoms with van der Waals surface area (Å²) in [6, 6.07) is 7.04. The first-order chi connectivity index (χ1) is 8.54. The fourth-order valence-electron chi connectivity index (χ4n) is 2.16. The Hall–Kier alpha value is -1.13. The van der Waals surface area contributed by atoms with Gasteiger partial charge in [0.25, 0.3) is 0 Å². The fraction of sp³-hybridized carbons (Fsp3) is 0.286. The number of hydrogen-bond acceptors (Lipinski definition) is 2. The van der Waals surface area contributed by atoms with Crippen LogP contribution in [0.1, 0.15) is 28.7 Å². The SMILES string of the molecule is CNC(c1cc(C)oc1C)c1cccc(Br)c1F. The first kappa shape index (κ1) is 13.3. The lowest BCUT2D eigenvalue weighted by atomic mass is 9.98. The molecule has 0 aliphatic rings. The number of hydrogen-bond donors (Lipinski definition) is 1. The summed E-state index contributed by atoms with van der Waals surface area (Å²) in [7, 11) is 1.81. The standard InChI is InChI=1S/C14H15BrFNO/c1-8-7-11(9(2)18-8)14(17-3)10-5-4-6-12(15)13(10)16/h4-7,14,17H,1-3H3. The van der Waals surface area contributed by atoms with E-state index in [2.05, 4.69) is 21.2 Å². The molecule has 96 valence electrons. The number of furan rings is 1. The van der Waals surface area contributed by atoms with Crippen molar-refractivity contribution in [2.24, 2.45) is 0 Å². The summed E-state index contributed by atoms with van der Waals surface area (Å²) in [4.78, 5) is 0. The predicted octanol–water partition coefficient (Wildman–Crippen LogP) is 4.11. The summed E-state index contributed by atoms with van der Waals surface area (Å²) in [5, 5.41) is 3.14. The van der Waals surface area contributed by atoms with E-state index in [1.807, 2.05) is 33.0 Å². The Morgan fingerprint density at radius 2 is 2.00 bits per heavy atom. The third kappa shape index (κ3) is 2.35. The van der Waals surface area contributed by atoms with Gasteiger partial charge in [-0.05, 0) is 49.0 Å². The summed E-state index contributed by atoms with van der Waals surface area (Å²) < 4.78 is 20.1. The van der Waals surface area contributed by atoms with Crippen molar-refractivity contribution in [2.75, 3.05) is 7.05 Å². The third-order valence-corrected chi connectivity index (χ3v) is 3.58. The van der Waals surface area contributed by atoms with Crippen LogP contribution in [0.15, 0.2) is 33.2 Å². The van der Waals surface area contributed by atoms with Crippen molar-refractivity contribution in [2.45, 2.75) is 19.9 Å². The Labute approximate surface area is 114 Å². The molecule has 0 fully saturated rings. The van der Waals surface area contributed by atoms with E-state index in [9.17, 15) is 4.39 Å². The maximum atomic E-state index is 14.1. The molecule has 0 saturated heterocycles. The van der Waals surface area contributed by atoms with Crippen molar-refractivity contribution in [3.8, 4) is 0 Å². The number of benzene rings is 1. The minimum Gasteiger partial charge on any atom is -0.466 e. The highest BCUT2D eigenvalue weighted by atomic mass is 79.9. The molecular weight excluding hydrogens is 297 g/mol. The van der Waals surface area contributed by atoms with E-state index in [0.717, 1.165) is 17.1 Å². The molecule has 0 aliphatic carbocycles. The van der Waals surface area contributed by atoms with Gasteiger partial charge in [0.1, 0.15) is 17.3 Å². The molecule has 0 saturated carbocycles. The summed E-state index contributed by atoms with van der Waals surface area (Å²) in [5.74, 6) is 1.40. The average molecular weight is 312 g/mol. The van der Waals surface area contributed by atoms with Gasteiger partial charge in [-0.3, -0.25) is 0 Å². The van der Waals surface area contributed by atoms with Crippen LogP contribution >= 0.6 is 15.9 Å². The minimum atomic E-state index is -0.241. The summed E-state index contributed by atoms with van der Waals surface area (Å²) in [5.41, 5.74) is 1.57. The second-order valence-electron chi connectivity index (χ2n) is 4.23. The van der Waals surface area contributed by atoms with Gasteiger partial charge < -0.3 is 9.73 Å². The lowest BCUT2D eigenvalue weighted by Crippen LogP contribution is -2.19. The first-order valence-corrected chi connectivity index (χ1v) is 6.52. The number of aryl methyl sites for hydroxylation is 2. The molecule has 1 aromatic carbocycles. The van der Waals surface area contributed by atoms with Crippen LogP contribution < -0.4 is 5.32 Å². The largest absolute Gasteiger partial charge is 0.466 e. The highest BCUT2D eigenvalue weighted by Crippen LogP contribution is 2.31. The third-order valence-electron chi connectivity index (χ3n) is 2.97. The quantitative estimate of drug-likeness (QED) is 0.923. The van der Waals surface area contributed by atoms with Crippen molar-refractivity contribution < 1.29 is 8.81 Å². The molecule has 1 atom stereocenters. The monoisotopic (exact) mass is 311 g/mol. The van der Waals surface area contributed by atoms with Gasteiger partial charge in [-0.2, -0.15) is 0 Å². The second kappa shape index (κ2) is 5.24. The van der Waals surface area contributed by atoms with Gasteiger partial charge in [0.2, 0.25) is 0 Å².